The van der Waals surface area contributed by atoms with Crippen molar-refractivity contribution in [1.29, 1.82) is 0 Å². The lowest BCUT2D eigenvalue weighted by Crippen LogP contribution is -2.30. The third-order valence-corrected chi connectivity index (χ3v) is 5.68. The molecule has 1 amide bonds. The van der Waals surface area contributed by atoms with Gasteiger partial charge in [-0.25, -0.2) is 14.8 Å². The summed E-state index contributed by atoms with van der Waals surface area (Å²) in [7, 11) is 9.63. The summed E-state index contributed by atoms with van der Waals surface area (Å²) in [6, 6.07) is 10.1. The monoisotopic (exact) mass is 449 g/mol. The van der Waals surface area contributed by atoms with Crippen LogP contribution in [-0.2, 0) is 18.4 Å². The zero-order valence-corrected chi connectivity index (χ0v) is 19.8. The van der Waals surface area contributed by atoms with Crippen molar-refractivity contribution in [3.63, 3.8) is 0 Å². The van der Waals surface area contributed by atoms with Crippen LogP contribution in [0.25, 0.3) is 33.3 Å². The third kappa shape index (κ3) is 4.78. The molecule has 0 saturated heterocycles. The van der Waals surface area contributed by atoms with Crippen molar-refractivity contribution in [3.8, 4) is 11.3 Å². The van der Waals surface area contributed by atoms with Gasteiger partial charge in [-0.15, -0.1) is 0 Å². The Morgan fingerprint density at radius 3 is 2.79 bits per heavy atom. The average molecular weight is 450 g/mol. The van der Waals surface area contributed by atoms with Crippen LogP contribution in [0.5, 0.6) is 0 Å². The predicted octanol–water partition coefficient (Wildman–Crippen LogP) is 3.68. The van der Waals surface area contributed by atoms with Gasteiger partial charge in [0.25, 0.3) is 0 Å². The Labute approximate surface area is 193 Å². The molecule has 0 unspecified atom stereocenters. The number of nitrogens with one attached hydrogen (secondary N) is 2. The van der Waals surface area contributed by atoms with E-state index < -0.39 is 0 Å². The second kappa shape index (κ2) is 9.50. The van der Waals surface area contributed by atoms with Crippen LogP contribution < -0.4 is 5.32 Å². The van der Waals surface area contributed by atoms with Gasteiger partial charge in [-0.1, -0.05) is 18.2 Å². The number of amides is 1. The number of fused-ring (bicyclic) bond motifs is 3. The molecule has 0 atom stereocenters. The van der Waals surface area contributed by atoms with Crippen molar-refractivity contribution in [2.24, 2.45) is 7.05 Å². The molecule has 0 aliphatic rings. The van der Waals surface area contributed by atoms with E-state index in [0.29, 0.717) is 6.54 Å². The van der Waals surface area contributed by atoms with Crippen LogP contribution in [0.2, 0.25) is 0 Å². The fourth-order valence-corrected chi connectivity index (χ4v) is 3.93. The van der Waals surface area contributed by atoms with E-state index >= 15 is 0 Å². The van der Waals surface area contributed by atoms with Gasteiger partial charge >= 0.3 is 6.09 Å². The van der Waals surface area contributed by atoms with E-state index in [-0.39, 0.29) is 12.7 Å². The number of carbonyl (C=O) groups excluding carboxylic acids is 1. The Balaban J connectivity index is 1.51. The number of benzene rings is 1. The molecule has 0 aliphatic carbocycles. The molecule has 4 rings (SSSR count). The molecule has 0 aliphatic heterocycles. The number of imidazole rings is 1. The molecule has 174 valence electrons. The first-order valence-corrected chi connectivity index (χ1v) is 11.0. The summed E-state index contributed by atoms with van der Waals surface area (Å²) in [5.74, 6) is 0.738. The third-order valence-electron chi connectivity index (χ3n) is 5.68. The van der Waals surface area contributed by atoms with Crippen molar-refractivity contribution in [2.45, 2.75) is 13.0 Å². The van der Waals surface area contributed by atoms with Crippen molar-refractivity contribution in [1.82, 2.24) is 29.3 Å². The maximum atomic E-state index is 12.3. The normalized spacial score (nSPS) is 11.5. The quantitative estimate of drug-likeness (QED) is 0.426. The molecule has 3 aromatic heterocycles. The Morgan fingerprint density at radius 1 is 1.21 bits per heavy atom. The van der Waals surface area contributed by atoms with E-state index in [1.54, 1.807) is 18.3 Å². The van der Waals surface area contributed by atoms with E-state index in [4.69, 9.17) is 9.72 Å². The topological polar surface area (TPSA) is 91.3 Å². The van der Waals surface area contributed by atoms with Crippen LogP contribution >= 0.6 is 0 Å². The lowest BCUT2D eigenvalue weighted by atomic mass is 10.1. The van der Waals surface area contributed by atoms with Crippen molar-refractivity contribution in [3.05, 3.63) is 42.2 Å². The number of aromatic nitrogens is 4. The van der Waals surface area contributed by atoms with Gasteiger partial charge in [0, 0.05) is 38.8 Å². The maximum absolute atomic E-state index is 12.3. The highest BCUT2D eigenvalue weighted by Crippen LogP contribution is 2.31. The second-order valence-electron chi connectivity index (χ2n) is 8.54. The molecule has 0 radical (unpaired) electrons. The Bertz CT molecular complexity index is 1270. The molecule has 2 N–H and O–H groups in total. The molecule has 0 spiro atoms. The summed E-state index contributed by atoms with van der Waals surface area (Å²) >= 11 is 0. The summed E-state index contributed by atoms with van der Waals surface area (Å²) < 4.78 is 7.52. The molecule has 9 nitrogen and oxygen atoms in total. The lowest BCUT2D eigenvalue weighted by molar-refractivity contribution is 0.104. The van der Waals surface area contributed by atoms with Gasteiger partial charge in [-0.05, 0) is 50.3 Å². The van der Waals surface area contributed by atoms with Gasteiger partial charge < -0.3 is 29.4 Å². The van der Waals surface area contributed by atoms with Crippen LogP contribution in [-0.4, -0.2) is 76.7 Å². The summed E-state index contributed by atoms with van der Waals surface area (Å²) in [6.45, 7) is 1.81. The summed E-state index contributed by atoms with van der Waals surface area (Å²) in [4.78, 5) is 28.6. The Morgan fingerprint density at radius 2 is 2.03 bits per heavy atom. The first-order valence-electron chi connectivity index (χ1n) is 11.0. The summed E-state index contributed by atoms with van der Waals surface area (Å²) in [5, 5.41) is 4.14. The number of aromatic amines is 1. The molecule has 4 aromatic rings. The van der Waals surface area contributed by atoms with E-state index in [1.807, 2.05) is 57.0 Å². The molecule has 0 bridgehead atoms. The predicted molar refractivity (Wildman–Crippen MR) is 131 cm³/mol. The number of anilines is 1. The number of rotatable bonds is 8. The highest BCUT2D eigenvalue weighted by molar-refractivity contribution is 6.07. The fraction of sp³-hybridized carbons (Fsp3) is 0.375. The van der Waals surface area contributed by atoms with Gasteiger partial charge in [-0.3, -0.25) is 0 Å². The van der Waals surface area contributed by atoms with E-state index in [0.717, 1.165) is 57.7 Å². The van der Waals surface area contributed by atoms with Gasteiger partial charge in [0.15, 0.2) is 5.82 Å². The number of carbonyl (C=O) groups is 1. The number of nitrogens with zero attached hydrogens (tertiary/aromatic N) is 5. The zero-order valence-electron chi connectivity index (χ0n) is 19.8. The summed E-state index contributed by atoms with van der Waals surface area (Å²) in [6.07, 6.45) is 2.39. The highest BCUT2D eigenvalue weighted by atomic mass is 16.6. The van der Waals surface area contributed by atoms with E-state index in [2.05, 4.69) is 26.3 Å². The van der Waals surface area contributed by atoms with Gasteiger partial charge in [0.2, 0.25) is 0 Å². The number of ether oxygens (including phenoxy) is 1. The fourth-order valence-electron chi connectivity index (χ4n) is 3.93. The lowest BCUT2D eigenvalue weighted by Gasteiger charge is -2.18. The molecule has 0 fully saturated rings. The van der Waals surface area contributed by atoms with Crippen LogP contribution in [0.15, 0.2) is 36.7 Å². The van der Waals surface area contributed by atoms with Gasteiger partial charge in [-0.2, -0.15) is 0 Å². The first kappa shape index (κ1) is 22.6. The zero-order chi connectivity index (χ0) is 23.5. The largest absolute Gasteiger partial charge is 0.445 e. The minimum atomic E-state index is -0.313. The van der Waals surface area contributed by atoms with E-state index in [1.165, 1.54) is 0 Å². The Hall–Kier alpha value is -3.59. The minimum absolute atomic E-state index is 0.221. The van der Waals surface area contributed by atoms with Crippen LogP contribution in [0, 0.1) is 0 Å². The van der Waals surface area contributed by atoms with Crippen molar-refractivity contribution in [2.75, 3.05) is 46.6 Å². The maximum Gasteiger partial charge on any atom is 0.409 e. The number of H-pyrrole nitrogens is 1. The molecule has 33 heavy (non-hydrogen) atoms. The minimum Gasteiger partial charge on any atom is -0.445 e. The molecular weight excluding hydrogens is 418 g/mol. The standard InChI is InChI=1S/C24H31N7O2/c1-25-23-20-21(31(5)15-26-20)18-13-19(27-22(18)28-23)17-9-6-8-16(12-17)14-33-24(32)30(4)11-7-10-29(2)3/h6,8-9,12-13,15H,7,10-11,14H2,1-5H3,(H2,25,27,28). The van der Waals surface area contributed by atoms with Gasteiger partial charge in [0.1, 0.15) is 17.8 Å². The summed E-state index contributed by atoms with van der Waals surface area (Å²) in [5.41, 5.74) is 5.53. The number of pyridine rings is 1. The molecule has 1 aromatic carbocycles. The van der Waals surface area contributed by atoms with Crippen LogP contribution in [0.1, 0.15) is 12.0 Å². The number of aryl methyl sites for hydroxylation is 1. The van der Waals surface area contributed by atoms with Crippen LogP contribution in [0.3, 0.4) is 0 Å². The van der Waals surface area contributed by atoms with Crippen molar-refractivity contribution < 1.29 is 9.53 Å². The van der Waals surface area contributed by atoms with Gasteiger partial charge in [0.05, 0.1) is 11.8 Å². The smallest absolute Gasteiger partial charge is 0.409 e. The average Bonchev–Trinajstić information content (AvgIpc) is 3.40. The Kier molecular flexibility index (Phi) is 6.50. The molecule has 9 heteroatoms. The van der Waals surface area contributed by atoms with E-state index in [9.17, 15) is 4.79 Å². The SMILES string of the molecule is CNc1nc2[nH]c(-c3cccc(COC(=O)N(C)CCCN(C)C)c3)cc2c2c1ncn2C. The molecule has 0 saturated carbocycles. The molecule has 3 heterocycles. The van der Waals surface area contributed by atoms with Crippen molar-refractivity contribution >= 4 is 34.0 Å². The number of hydrogen-bond acceptors (Lipinski definition) is 6. The first-order chi connectivity index (χ1) is 15.9. The number of hydrogen-bond donors (Lipinski definition) is 2. The van der Waals surface area contributed by atoms with Crippen LogP contribution in [0.4, 0.5) is 10.6 Å². The highest BCUT2D eigenvalue weighted by Gasteiger charge is 2.15. The second-order valence-corrected chi connectivity index (χ2v) is 8.54. The molecular formula is C24H31N7O2.